The highest BCUT2D eigenvalue weighted by molar-refractivity contribution is 5.94. The molecule has 51 heavy (non-hydrogen) atoms. The minimum Gasteiger partial charge on any atom is -0.496 e. The molecule has 0 unspecified atom stereocenters. The summed E-state index contributed by atoms with van der Waals surface area (Å²) in [5.74, 6) is 0.310. The number of esters is 2. The largest absolute Gasteiger partial charge is 0.496 e. The number of ether oxygens (including phenoxy) is 8. The van der Waals surface area contributed by atoms with Gasteiger partial charge in [-0.1, -0.05) is 61.7 Å². The van der Waals surface area contributed by atoms with Crippen molar-refractivity contribution >= 4 is 11.9 Å². The van der Waals surface area contributed by atoms with Gasteiger partial charge in [0.05, 0.1) is 59.2 Å². The van der Waals surface area contributed by atoms with Gasteiger partial charge in [-0.15, -0.1) is 0 Å². The molecule has 0 saturated carbocycles. The minimum absolute atomic E-state index is 0.104. The first-order chi connectivity index (χ1) is 24.4. The molecular formula is C41H42O10. The van der Waals surface area contributed by atoms with Crippen molar-refractivity contribution in [3.63, 3.8) is 0 Å². The Morgan fingerprint density at radius 2 is 0.804 bits per heavy atom. The van der Waals surface area contributed by atoms with Crippen LogP contribution in [0.2, 0.25) is 0 Å². The van der Waals surface area contributed by atoms with E-state index in [-0.39, 0.29) is 45.6 Å². The van der Waals surface area contributed by atoms with E-state index >= 15 is 0 Å². The van der Waals surface area contributed by atoms with Gasteiger partial charge in [0.1, 0.15) is 11.5 Å². The third kappa shape index (κ3) is 5.42. The Balaban J connectivity index is 2.14. The molecule has 0 aromatic heterocycles. The van der Waals surface area contributed by atoms with Gasteiger partial charge in [-0.05, 0) is 49.9 Å². The van der Waals surface area contributed by atoms with Crippen LogP contribution in [0.1, 0.15) is 47.2 Å². The van der Waals surface area contributed by atoms with Crippen molar-refractivity contribution in [1.82, 2.24) is 0 Å². The summed E-state index contributed by atoms with van der Waals surface area (Å²) in [6.45, 7) is 14.1. The quantitative estimate of drug-likeness (QED) is 0.0733. The Hall–Kier alpha value is -5.90. The number of carbonyl (C=O) groups excluding carboxylic acids is 2. The van der Waals surface area contributed by atoms with Gasteiger partial charge < -0.3 is 37.9 Å². The monoisotopic (exact) mass is 694 g/mol. The predicted octanol–water partition coefficient (Wildman–Crippen LogP) is 7.68. The van der Waals surface area contributed by atoms with Crippen LogP contribution in [0.5, 0.6) is 46.0 Å². The maximum absolute atomic E-state index is 13.0. The lowest BCUT2D eigenvalue weighted by molar-refractivity contribution is -0.131. The standard InChI is InChI=1S/C41H42O10/c1-21(2)39(42)50-33-23(5)31(44-7)29(35(46-9)37(33)48-11)41(27-19-15-13-17-25(27)26-18-14-16-20-28(26)41)30-32(45-8)24(6)34(51-40(43)22(3)4)38(49-12)36(30)47-10/h13-20H,1,3H2,2,4-12H3. The Morgan fingerprint density at radius 3 is 1.10 bits per heavy atom. The van der Waals surface area contributed by atoms with Gasteiger partial charge in [0.25, 0.3) is 0 Å². The molecule has 0 heterocycles. The molecule has 0 atom stereocenters. The second-order valence-corrected chi connectivity index (χ2v) is 12.0. The average Bonchev–Trinajstić information content (AvgIpc) is 3.42. The third-order valence-corrected chi connectivity index (χ3v) is 9.11. The van der Waals surface area contributed by atoms with Gasteiger partial charge in [0.2, 0.25) is 11.5 Å². The molecule has 5 rings (SSSR count). The van der Waals surface area contributed by atoms with E-state index in [1.54, 1.807) is 27.7 Å². The second kappa shape index (κ2) is 14.1. The van der Waals surface area contributed by atoms with Gasteiger partial charge in [-0.3, -0.25) is 0 Å². The fourth-order valence-electron chi connectivity index (χ4n) is 7.02. The van der Waals surface area contributed by atoms with Crippen molar-refractivity contribution in [1.29, 1.82) is 0 Å². The van der Waals surface area contributed by atoms with Crippen molar-refractivity contribution in [2.45, 2.75) is 33.1 Å². The van der Waals surface area contributed by atoms with E-state index in [4.69, 9.17) is 37.9 Å². The van der Waals surface area contributed by atoms with Gasteiger partial charge >= 0.3 is 11.9 Å². The van der Waals surface area contributed by atoms with Crippen LogP contribution in [-0.4, -0.2) is 54.6 Å². The molecule has 0 amide bonds. The van der Waals surface area contributed by atoms with Crippen LogP contribution in [0.25, 0.3) is 11.1 Å². The number of fused-ring (bicyclic) bond motifs is 3. The lowest BCUT2D eigenvalue weighted by Gasteiger charge is -2.39. The van der Waals surface area contributed by atoms with E-state index in [2.05, 4.69) is 13.2 Å². The zero-order chi connectivity index (χ0) is 37.4. The molecule has 0 N–H and O–H groups in total. The van der Waals surface area contributed by atoms with E-state index in [9.17, 15) is 9.59 Å². The molecule has 0 aliphatic heterocycles. The highest BCUT2D eigenvalue weighted by atomic mass is 16.6. The smallest absolute Gasteiger partial charge is 0.338 e. The molecule has 4 aromatic rings. The fraction of sp³-hybridized carbons (Fsp3) is 0.268. The van der Waals surface area contributed by atoms with E-state index < -0.39 is 17.4 Å². The number of rotatable bonds is 12. The van der Waals surface area contributed by atoms with Crippen LogP contribution in [0.15, 0.2) is 72.8 Å². The van der Waals surface area contributed by atoms with Gasteiger partial charge in [0, 0.05) is 22.3 Å². The Morgan fingerprint density at radius 1 is 0.490 bits per heavy atom. The summed E-state index contributed by atoms with van der Waals surface area (Å²) < 4.78 is 48.9. The van der Waals surface area contributed by atoms with Crippen molar-refractivity contribution < 1.29 is 47.5 Å². The van der Waals surface area contributed by atoms with E-state index in [0.29, 0.717) is 33.8 Å². The summed E-state index contributed by atoms with van der Waals surface area (Å²) in [5.41, 5.74) is 4.42. The first-order valence-electron chi connectivity index (χ1n) is 16.0. The summed E-state index contributed by atoms with van der Waals surface area (Å²) >= 11 is 0. The molecule has 10 heteroatoms. The maximum atomic E-state index is 13.0. The van der Waals surface area contributed by atoms with Gasteiger partial charge in [-0.25, -0.2) is 9.59 Å². The maximum Gasteiger partial charge on any atom is 0.338 e. The van der Waals surface area contributed by atoms with Crippen LogP contribution in [0, 0.1) is 13.8 Å². The van der Waals surface area contributed by atoms with Crippen molar-refractivity contribution in [3.05, 3.63) is 106 Å². The topological polar surface area (TPSA) is 108 Å². The second-order valence-electron chi connectivity index (χ2n) is 12.0. The average molecular weight is 695 g/mol. The summed E-state index contributed by atoms with van der Waals surface area (Å²) in [6, 6.07) is 15.9. The molecule has 0 fully saturated rings. The molecule has 10 nitrogen and oxygen atoms in total. The van der Waals surface area contributed by atoms with Gasteiger partial charge in [-0.2, -0.15) is 0 Å². The first kappa shape index (κ1) is 36.4. The molecule has 1 aliphatic rings. The third-order valence-electron chi connectivity index (χ3n) is 9.11. The summed E-state index contributed by atoms with van der Waals surface area (Å²) in [4.78, 5) is 25.9. The van der Waals surface area contributed by atoms with Gasteiger partial charge in [0.15, 0.2) is 23.0 Å². The molecule has 0 bridgehead atoms. The molecular weight excluding hydrogens is 652 g/mol. The fourth-order valence-corrected chi connectivity index (χ4v) is 7.02. The highest BCUT2D eigenvalue weighted by Gasteiger charge is 2.55. The summed E-state index contributed by atoms with van der Waals surface area (Å²) in [5, 5.41) is 0. The number of hydrogen-bond donors (Lipinski definition) is 0. The van der Waals surface area contributed by atoms with Crippen LogP contribution in [0.3, 0.4) is 0 Å². The van der Waals surface area contributed by atoms with Crippen molar-refractivity contribution in [2.24, 2.45) is 0 Å². The first-order valence-corrected chi connectivity index (χ1v) is 16.0. The molecule has 0 spiro atoms. The lowest BCUT2D eigenvalue weighted by Crippen LogP contribution is -2.32. The number of methoxy groups -OCH3 is 6. The van der Waals surface area contributed by atoms with Crippen molar-refractivity contribution in [2.75, 3.05) is 42.7 Å². The zero-order valence-corrected chi connectivity index (χ0v) is 30.6. The lowest BCUT2D eigenvalue weighted by atomic mass is 9.65. The number of carbonyl (C=O) groups is 2. The zero-order valence-electron chi connectivity index (χ0n) is 30.6. The molecule has 0 saturated heterocycles. The minimum atomic E-state index is -1.36. The van der Waals surface area contributed by atoms with E-state index in [1.165, 1.54) is 42.7 Å². The van der Waals surface area contributed by atoms with Crippen LogP contribution >= 0.6 is 0 Å². The Kier molecular flexibility index (Phi) is 10.1. The summed E-state index contributed by atoms with van der Waals surface area (Å²) in [7, 11) is 9.00. The Labute approximate surface area is 298 Å². The normalized spacial score (nSPS) is 12.2. The predicted molar refractivity (Wildman–Crippen MR) is 193 cm³/mol. The van der Waals surface area contributed by atoms with Crippen LogP contribution < -0.4 is 37.9 Å². The van der Waals surface area contributed by atoms with Crippen LogP contribution in [-0.2, 0) is 15.0 Å². The molecule has 1 aliphatic carbocycles. The molecule has 4 aromatic carbocycles. The highest BCUT2D eigenvalue weighted by Crippen LogP contribution is 2.67. The van der Waals surface area contributed by atoms with Crippen molar-refractivity contribution in [3.8, 4) is 57.1 Å². The van der Waals surface area contributed by atoms with Crippen LogP contribution in [0.4, 0.5) is 0 Å². The summed E-state index contributed by atoms with van der Waals surface area (Å²) in [6.07, 6.45) is 0. The molecule has 0 radical (unpaired) electrons. The SMILES string of the molecule is C=C(C)C(=O)Oc1c(C)c(OC)c(C2(c3c(OC)c(C)c(OC(=O)C(=C)C)c(OC)c3OC)c3ccccc3-c3ccccc32)c(OC)c1OC. The number of benzene rings is 4. The van der Waals surface area contributed by atoms with E-state index in [0.717, 1.165) is 22.3 Å². The van der Waals surface area contributed by atoms with E-state index in [1.807, 2.05) is 48.5 Å². The molecule has 266 valence electrons. The number of hydrogen-bond acceptors (Lipinski definition) is 10. The Bertz CT molecular complexity index is 1940.